The summed E-state index contributed by atoms with van der Waals surface area (Å²) in [5, 5.41) is 7.22. The van der Waals surface area contributed by atoms with Gasteiger partial charge in [0.1, 0.15) is 22.3 Å². The van der Waals surface area contributed by atoms with Crippen LogP contribution in [0.1, 0.15) is 52.7 Å². The molecule has 0 radical (unpaired) electrons. The van der Waals surface area contributed by atoms with E-state index in [1.54, 1.807) is 0 Å². The first-order chi connectivity index (χ1) is 42.8. The summed E-state index contributed by atoms with van der Waals surface area (Å²) >= 11 is 10.3. The molecule has 88 heavy (non-hydrogen) atoms. The number of hydrogen-bond donors (Lipinski definition) is 0. The lowest BCUT2D eigenvalue weighted by atomic mass is 9.87. The average molecular weight is 1180 g/mol. The van der Waals surface area contributed by atoms with Crippen LogP contribution in [0, 0.1) is 0 Å². The molecule has 0 bridgehead atoms. The molecule has 0 unspecified atom stereocenters. The third-order valence-corrected chi connectivity index (χ3v) is 18.5. The highest BCUT2D eigenvalue weighted by Crippen LogP contribution is 2.53. The van der Waals surface area contributed by atoms with E-state index in [2.05, 4.69) is 310 Å². The summed E-state index contributed by atoms with van der Waals surface area (Å²) in [6.45, 7) is 13.5. The van der Waals surface area contributed by atoms with E-state index in [-0.39, 0.29) is 10.8 Å². The number of fused-ring (bicyclic) bond motifs is 9. The largest absolute Gasteiger partial charge is 0.456 e. The lowest BCUT2D eigenvalue weighted by molar-refractivity contribution is 0.590. The first kappa shape index (κ1) is 54.6. The van der Waals surface area contributed by atoms with Crippen LogP contribution in [-0.4, -0.2) is 0 Å². The van der Waals surface area contributed by atoms with Crippen LogP contribution in [0.4, 0.5) is 68.2 Å². The third kappa shape index (κ3) is 9.87. The molecule has 0 atom stereocenters. The van der Waals surface area contributed by atoms with Crippen molar-refractivity contribution in [3.05, 3.63) is 289 Å². The molecule has 0 amide bonds. The molecule has 6 nitrogen and oxygen atoms in total. The maximum absolute atomic E-state index is 8.49. The van der Waals surface area contributed by atoms with Gasteiger partial charge < -0.3 is 28.4 Å². The number of benzene rings is 12. The quantitative estimate of drug-likeness (QED) is 0.121. The smallest absolute Gasteiger partial charge is 0.137 e. The Kier molecular flexibility index (Phi) is 13.5. The molecule has 0 aliphatic carbocycles. The Hall–Kier alpha value is -10.1. The molecule has 0 N–H and O–H groups in total. The predicted octanol–water partition coefficient (Wildman–Crippen LogP) is 25.0. The molecule has 0 aliphatic heterocycles. The zero-order valence-corrected chi connectivity index (χ0v) is 51.4. The Balaban J connectivity index is 1.00. The van der Waals surface area contributed by atoms with Gasteiger partial charge in [-0.2, -0.15) is 0 Å². The number of halogens is 1. The average Bonchev–Trinajstić information content (AvgIpc) is 1.12. The van der Waals surface area contributed by atoms with Crippen molar-refractivity contribution in [3.63, 3.8) is 0 Å². The SMILES string of the molecule is CC(C)(C)c1ccc(N(c2cccc(N(c3ccc4oc5ccccc5c4c3)c3ccc4sc5ccccc5c4c3)c2)c2cc(N(c3ccccc3)c3ccccc3)cc(N(c3ccc(C(C)(C)C)cc3)c3ccc4c(c3)oc3ccccc34)c2Cl)cc1. The van der Waals surface area contributed by atoms with Crippen LogP contribution in [0.25, 0.3) is 64.0 Å². The predicted molar refractivity (Wildman–Crippen MR) is 375 cm³/mol. The summed E-state index contributed by atoms with van der Waals surface area (Å²) in [5.74, 6) is 0. The van der Waals surface area contributed by atoms with Crippen LogP contribution >= 0.6 is 22.9 Å². The highest BCUT2D eigenvalue weighted by Gasteiger charge is 2.29. The standard InChI is InChI=1S/C80H63ClN4O2S/c1-79(2,3)52-32-36-56(37-33-52)84(59-25-19-24-58(46-59)83(60-41-44-74-68(47-60)65-27-14-17-30-73(65)86-74)61-42-45-77-69(48-61)67-28-15-18-31-76(67)88-77)70-49-63(82(54-20-9-7-10-21-54)55-22-11-8-12-23-55)50-71(78(70)81)85(57-38-34-53(35-39-57)80(4,5)6)62-40-43-66-64-26-13-16-29-72(64)87-75(66)51-62/h7-51H,1-6H3. The van der Waals surface area contributed by atoms with Gasteiger partial charge >= 0.3 is 0 Å². The zero-order chi connectivity index (χ0) is 59.8. The van der Waals surface area contributed by atoms with Crippen molar-refractivity contribution in [1.29, 1.82) is 0 Å². The second-order valence-corrected chi connectivity index (χ2v) is 26.2. The molecule has 0 saturated heterocycles. The summed E-state index contributed by atoms with van der Waals surface area (Å²) in [4.78, 5) is 9.33. The maximum Gasteiger partial charge on any atom is 0.137 e. The lowest BCUT2D eigenvalue weighted by Crippen LogP contribution is -2.18. The monoisotopic (exact) mass is 1180 g/mol. The third-order valence-electron chi connectivity index (χ3n) is 17.0. The minimum absolute atomic E-state index is 0.0777. The van der Waals surface area contributed by atoms with E-state index in [1.165, 1.54) is 31.3 Å². The fourth-order valence-corrected chi connectivity index (χ4v) is 13.9. The highest BCUT2D eigenvalue weighted by atomic mass is 35.5. The van der Waals surface area contributed by atoms with E-state index in [0.29, 0.717) is 5.02 Å². The Bertz CT molecular complexity index is 4940. The van der Waals surface area contributed by atoms with E-state index in [4.69, 9.17) is 20.4 Å². The number of rotatable bonds is 12. The van der Waals surface area contributed by atoms with Crippen molar-refractivity contribution < 1.29 is 8.83 Å². The highest BCUT2D eigenvalue weighted by molar-refractivity contribution is 7.25. The molecule has 0 aliphatic rings. The van der Waals surface area contributed by atoms with Crippen LogP contribution in [0.15, 0.2) is 282 Å². The molecule has 0 saturated carbocycles. The normalized spacial score (nSPS) is 12.0. The number of anilines is 12. The number of furan rings is 2. The summed E-state index contributed by atoms with van der Waals surface area (Å²) in [6, 6.07) is 97.7. The van der Waals surface area contributed by atoms with Gasteiger partial charge in [-0.1, -0.05) is 174 Å². The molecule has 15 rings (SSSR count). The number of thiophene rings is 1. The van der Waals surface area contributed by atoms with E-state index >= 15 is 0 Å². The fourth-order valence-electron chi connectivity index (χ4n) is 12.5. The van der Waals surface area contributed by atoms with Gasteiger partial charge in [-0.05, 0) is 168 Å². The summed E-state index contributed by atoms with van der Waals surface area (Å²) in [5.41, 5.74) is 16.7. The van der Waals surface area contributed by atoms with Crippen molar-refractivity contribution >= 4 is 155 Å². The lowest BCUT2D eigenvalue weighted by Gasteiger charge is -2.35. The van der Waals surface area contributed by atoms with Gasteiger partial charge in [0.05, 0.1) is 22.1 Å². The molecular formula is C80H63ClN4O2S. The van der Waals surface area contributed by atoms with E-state index in [9.17, 15) is 0 Å². The molecule has 3 aromatic heterocycles. The Morgan fingerprint density at radius 3 is 1.25 bits per heavy atom. The van der Waals surface area contributed by atoms with E-state index < -0.39 is 0 Å². The first-order valence-electron chi connectivity index (χ1n) is 30.0. The van der Waals surface area contributed by atoms with Gasteiger partial charge in [0.2, 0.25) is 0 Å². The Morgan fingerprint density at radius 2 is 0.659 bits per heavy atom. The fraction of sp³-hybridized carbons (Fsp3) is 0.100. The van der Waals surface area contributed by atoms with E-state index in [1.807, 2.05) is 35.6 Å². The van der Waals surface area contributed by atoms with Gasteiger partial charge in [0.25, 0.3) is 0 Å². The van der Waals surface area contributed by atoms with Gasteiger partial charge in [-0.3, -0.25) is 0 Å². The van der Waals surface area contributed by atoms with Crippen molar-refractivity contribution in [2.75, 3.05) is 19.6 Å². The van der Waals surface area contributed by atoms with Crippen LogP contribution in [0.5, 0.6) is 0 Å². The van der Waals surface area contributed by atoms with Crippen molar-refractivity contribution in [2.45, 2.75) is 52.4 Å². The number of nitrogens with zero attached hydrogens (tertiary/aromatic N) is 4. The molecule has 15 aromatic rings. The first-order valence-corrected chi connectivity index (χ1v) is 31.2. The van der Waals surface area contributed by atoms with Crippen LogP contribution in [0.3, 0.4) is 0 Å². The number of para-hydroxylation sites is 4. The van der Waals surface area contributed by atoms with Crippen molar-refractivity contribution in [3.8, 4) is 0 Å². The molecule has 3 heterocycles. The Morgan fingerprint density at radius 1 is 0.273 bits per heavy atom. The summed E-state index contributed by atoms with van der Waals surface area (Å²) < 4.78 is 15.6. The zero-order valence-electron chi connectivity index (χ0n) is 49.9. The summed E-state index contributed by atoms with van der Waals surface area (Å²) in [6.07, 6.45) is 0. The van der Waals surface area contributed by atoms with Crippen molar-refractivity contribution in [1.82, 2.24) is 0 Å². The second-order valence-electron chi connectivity index (χ2n) is 24.8. The van der Waals surface area contributed by atoms with Crippen molar-refractivity contribution in [2.24, 2.45) is 0 Å². The summed E-state index contributed by atoms with van der Waals surface area (Å²) in [7, 11) is 0. The van der Waals surface area contributed by atoms with Gasteiger partial charge in [0, 0.05) is 99.0 Å². The number of hydrogen-bond acceptors (Lipinski definition) is 7. The van der Waals surface area contributed by atoms with E-state index in [0.717, 1.165) is 112 Å². The van der Waals surface area contributed by atoms with Gasteiger partial charge in [-0.25, -0.2) is 0 Å². The molecular weight excluding hydrogens is 1120 g/mol. The van der Waals surface area contributed by atoms with Gasteiger partial charge in [0.15, 0.2) is 0 Å². The molecule has 12 aromatic carbocycles. The molecule has 0 spiro atoms. The minimum atomic E-state index is -0.0966. The maximum atomic E-state index is 8.49. The topological polar surface area (TPSA) is 39.2 Å². The van der Waals surface area contributed by atoms with Crippen LogP contribution < -0.4 is 19.6 Å². The second kappa shape index (κ2) is 21.7. The Labute approximate surface area is 521 Å². The minimum Gasteiger partial charge on any atom is -0.456 e. The molecule has 0 fully saturated rings. The van der Waals surface area contributed by atoms with Gasteiger partial charge in [-0.15, -0.1) is 11.3 Å². The molecule has 8 heteroatoms. The molecule has 428 valence electrons. The van der Waals surface area contributed by atoms with Crippen LogP contribution in [0.2, 0.25) is 5.02 Å². The van der Waals surface area contributed by atoms with Crippen LogP contribution in [-0.2, 0) is 10.8 Å².